The Balaban J connectivity index is 1.51. The van der Waals surface area contributed by atoms with Gasteiger partial charge >= 0.3 is 0 Å². The van der Waals surface area contributed by atoms with E-state index < -0.39 is 11.2 Å². The third-order valence-corrected chi connectivity index (χ3v) is 8.69. The number of methoxy groups -OCH3 is 1. The number of nitrogens with one attached hydrogen (secondary N) is 1. The first-order valence-electron chi connectivity index (χ1n) is 11.4. The first kappa shape index (κ1) is 25.1. The number of thiophene rings is 1. The van der Waals surface area contributed by atoms with Crippen molar-refractivity contribution in [3.63, 3.8) is 0 Å². The van der Waals surface area contributed by atoms with E-state index in [4.69, 9.17) is 9.26 Å². The van der Waals surface area contributed by atoms with Crippen LogP contribution in [0.3, 0.4) is 0 Å². The molecule has 10 heteroatoms. The SMILES string of the molecule is COc1ccc(-[n+]2noc([O-])c2SC(C)C(=O)Nc2sc3c(c2C#N)CCC(C(C)(C)C)C3)cc1. The summed E-state index contributed by atoms with van der Waals surface area (Å²) >= 11 is 2.55. The minimum absolute atomic E-state index is 0.191. The highest BCUT2D eigenvalue weighted by atomic mass is 32.2. The smallest absolute Gasteiger partial charge is 0.298 e. The molecule has 0 aliphatic heterocycles. The summed E-state index contributed by atoms with van der Waals surface area (Å²) in [5.41, 5.74) is 2.42. The van der Waals surface area contributed by atoms with Crippen molar-refractivity contribution in [3.05, 3.63) is 40.3 Å². The molecular weight excluding hydrogens is 484 g/mol. The van der Waals surface area contributed by atoms with Gasteiger partial charge in [0.15, 0.2) is 5.95 Å². The molecule has 1 aromatic carbocycles. The van der Waals surface area contributed by atoms with Crippen molar-refractivity contribution in [2.45, 2.75) is 57.2 Å². The van der Waals surface area contributed by atoms with Crippen molar-refractivity contribution in [1.29, 1.82) is 5.26 Å². The molecule has 4 rings (SSSR count). The topological polar surface area (TPSA) is 115 Å². The van der Waals surface area contributed by atoms with Crippen LogP contribution >= 0.6 is 23.1 Å². The maximum absolute atomic E-state index is 13.1. The number of anilines is 1. The van der Waals surface area contributed by atoms with Gasteiger partial charge in [-0.1, -0.05) is 20.8 Å². The van der Waals surface area contributed by atoms with Crippen LogP contribution in [0.15, 0.2) is 33.8 Å². The zero-order valence-electron chi connectivity index (χ0n) is 20.4. The highest BCUT2D eigenvalue weighted by Crippen LogP contribution is 2.44. The molecule has 0 radical (unpaired) electrons. The zero-order valence-corrected chi connectivity index (χ0v) is 22.0. The van der Waals surface area contributed by atoms with Gasteiger partial charge in [0, 0.05) is 17.0 Å². The van der Waals surface area contributed by atoms with E-state index >= 15 is 0 Å². The van der Waals surface area contributed by atoms with Gasteiger partial charge < -0.3 is 19.7 Å². The Hall–Kier alpha value is -3.03. The van der Waals surface area contributed by atoms with Crippen molar-refractivity contribution in [2.75, 3.05) is 12.4 Å². The van der Waals surface area contributed by atoms with Crippen LogP contribution in [0.2, 0.25) is 0 Å². The van der Waals surface area contributed by atoms with E-state index in [1.165, 1.54) is 20.9 Å². The van der Waals surface area contributed by atoms with Crippen LogP contribution in [0.4, 0.5) is 5.00 Å². The molecule has 0 spiro atoms. The molecule has 0 fully saturated rings. The van der Waals surface area contributed by atoms with E-state index in [0.717, 1.165) is 36.6 Å². The molecule has 0 saturated carbocycles. The van der Waals surface area contributed by atoms with Gasteiger partial charge in [-0.05, 0) is 71.7 Å². The van der Waals surface area contributed by atoms with Crippen molar-refractivity contribution >= 4 is 34.0 Å². The van der Waals surface area contributed by atoms with Gasteiger partial charge in [0.2, 0.25) is 11.6 Å². The second-order valence-corrected chi connectivity index (χ2v) is 12.1. The number of carbonyl (C=O) groups excluding carboxylic acids is 1. The van der Waals surface area contributed by atoms with Crippen molar-refractivity contribution in [3.8, 4) is 23.5 Å². The van der Waals surface area contributed by atoms with Crippen molar-refractivity contribution in [1.82, 2.24) is 5.27 Å². The number of benzene rings is 1. The highest BCUT2D eigenvalue weighted by molar-refractivity contribution is 8.00. The van der Waals surface area contributed by atoms with Crippen molar-refractivity contribution < 1.29 is 23.8 Å². The molecule has 1 amide bonds. The third kappa shape index (κ3) is 5.16. The fourth-order valence-electron chi connectivity index (χ4n) is 4.19. The number of hydrogen-bond acceptors (Lipinski definition) is 8. The van der Waals surface area contributed by atoms with Gasteiger partial charge in [-0.25, -0.2) is 0 Å². The number of hydrogen-bond donors (Lipinski definition) is 1. The summed E-state index contributed by atoms with van der Waals surface area (Å²) in [7, 11) is 1.57. The summed E-state index contributed by atoms with van der Waals surface area (Å²) in [5.74, 6) is 0.293. The number of nitrogens with zero attached hydrogens (tertiary/aromatic N) is 3. The molecule has 2 aromatic heterocycles. The summed E-state index contributed by atoms with van der Waals surface area (Å²) in [6, 6.07) is 9.28. The fraction of sp³-hybridized carbons (Fsp3) is 0.440. The number of rotatable bonds is 6. The predicted octanol–water partition coefficient (Wildman–Crippen LogP) is 4.24. The molecule has 0 bridgehead atoms. The normalized spacial score (nSPS) is 16.3. The zero-order chi connectivity index (χ0) is 25.3. The van der Waals surface area contributed by atoms with Crippen LogP contribution in [0.1, 0.15) is 50.1 Å². The summed E-state index contributed by atoms with van der Waals surface area (Å²) < 4.78 is 11.4. The average molecular weight is 513 g/mol. The van der Waals surface area contributed by atoms with Gasteiger partial charge in [0.05, 0.1) is 23.2 Å². The molecule has 8 nitrogen and oxygen atoms in total. The molecule has 2 heterocycles. The second kappa shape index (κ2) is 9.91. The Morgan fingerprint density at radius 2 is 2.11 bits per heavy atom. The van der Waals surface area contributed by atoms with E-state index in [9.17, 15) is 15.2 Å². The number of carbonyl (C=O) groups is 1. The minimum Gasteiger partial charge on any atom is -0.538 e. The monoisotopic (exact) mass is 512 g/mol. The first-order valence-corrected chi connectivity index (χ1v) is 13.1. The van der Waals surface area contributed by atoms with E-state index in [2.05, 4.69) is 37.4 Å². The van der Waals surface area contributed by atoms with Crippen LogP contribution in [0.5, 0.6) is 11.7 Å². The van der Waals surface area contributed by atoms with Gasteiger partial charge in [0.25, 0.3) is 5.03 Å². The van der Waals surface area contributed by atoms with Crippen LogP contribution in [0, 0.1) is 22.7 Å². The molecule has 1 N–H and O–H groups in total. The number of thioether (sulfide) groups is 1. The number of amides is 1. The molecule has 3 aromatic rings. The van der Waals surface area contributed by atoms with Crippen LogP contribution < -0.4 is 19.8 Å². The van der Waals surface area contributed by atoms with Crippen molar-refractivity contribution in [2.24, 2.45) is 11.3 Å². The third-order valence-electron chi connectivity index (χ3n) is 6.39. The molecule has 0 saturated heterocycles. The molecule has 1 aliphatic carbocycles. The quantitative estimate of drug-likeness (QED) is 0.388. The van der Waals surface area contributed by atoms with Crippen LogP contribution in [-0.4, -0.2) is 23.5 Å². The standard InChI is InChI=1S/C25H28N4O4S2/c1-14(34-23-24(31)33-28-29(23)16-7-9-17(32-5)10-8-16)21(30)27-22-19(13-26)18-11-6-15(25(2,3)4)12-20(18)35-22/h7-10,14-15H,6,11-12H2,1-5H3,(H-,27,28,30,31). The lowest BCUT2D eigenvalue weighted by Crippen LogP contribution is -2.36. The largest absolute Gasteiger partial charge is 0.538 e. The first-order chi connectivity index (χ1) is 16.6. The highest BCUT2D eigenvalue weighted by Gasteiger charge is 2.33. The summed E-state index contributed by atoms with van der Waals surface area (Å²) in [6.45, 7) is 8.45. The maximum atomic E-state index is 13.1. The molecule has 35 heavy (non-hydrogen) atoms. The van der Waals surface area contributed by atoms with E-state index in [1.807, 2.05) is 0 Å². The molecule has 1 aliphatic rings. The molecular formula is C25H28N4O4S2. The number of nitriles is 1. The Kier molecular flexibility index (Phi) is 7.10. The van der Waals surface area contributed by atoms with Gasteiger partial charge in [-0.15, -0.1) is 11.3 Å². The minimum atomic E-state index is -0.625. The Labute approximate surface area is 212 Å². The van der Waals surface area contributed by atoms with E-state index in [0.29, 0.717) is 27.9 Å². The Bertz CT molecular complexity index is 1270. The van der Waals surface area contributed by atoms with Gasteiger partial charge in [-0.3, -0.25) is 4.79 Å². The Morgan fingerprint density at radius 1 is 1.40 bits per heavy atom. The number of ether oxygens (including phenoxy) is 1. The van der Waals surface area contributed by atoms with Crippen LogP contribution in [-0.2, 0) is 17.6 Å². The fourth-order valence-corrected chi connectivity index (χ4v) is 6.35. The molecule has 184 valence electrons. The average Bonchev–Trinajstić information content (AvgIpc) is 3.37. The van der Waals surface area contributed by atoms with E-state index in [1.54, 1.807) is 38.3 Å². The lowest BCUT2D eigenvalue weighted by atomic mass is 9.72. The molecule has 2 atom stereocenters. The van der Waals surface area contributed by atoms with Crippen LogP contribution in [0.25, 0.3) is 5.69 Å². The molecule has 2 unspecified atom stereocenters. The lowest BCUT2D eigenvalue weighted by molar-refractivity contribution is -0.705. The second-order valence-electron chi connectivity index (χ2n) is 9.65. The number of fused-ring (bicyclic) bond motifs is 1. The summed E-state index contributed by atoms with van der Waals surface area (Å²) in [6.07, 6.45) is 2.80. The predicted molar refractivity (Wildman–Crippen MR) is 132 cm³/mol. The summed E-state index contributed by atoms with van der Waals surface area (Å²) in [5, 5.41) is 29.1. The van der Waals surface area contributed by atoms with Gasteiger partial charge in [-0.2, -0.15) is 5.26 Å². The van der Waals surface area contributed by atoms with E-state index in [-0.39, 0.29) is 16.3 Å². The van der Waals surface area contributed by atoms with Gasteiger partial charge in [0.1, 0.15) is 16.8 Å². The summed E-state index contributed by atoms with van der Waals surface area (Å²) in [4.78, 5) is 14.3. The lowest BCUT2D eigenvalue weighted by Gasteiger charge is -2.33. The maximum Gasteiger partial charge on any atom is 0.298 e. The Morgan fingerprint density at radius 3 is 2.74 bits per heavy atom. The number of aromatic nitrogens is 2.